The molecule has 4 aliphatic carbocycles. The van der Waals surface area contributed by atoms with Crippen LogP contribution < -0.4 is 24.8 Å². The van der Waals surface area contributed by atoms with E-state index in [1.807, 2.05) is 45.1 Å². The Bertz CT molecular complexity index is 2150. The summed E-state index contributed by atoms with van der Waals surface area (Å²) in [5.41, 5.74) is 1.09. The molecule has 0 spiro atoms. The number of carbonyl (C=O) groups is 4. The number of sulfonamides is 1. The number of alkyl carbamates (subject to hydrolysis) is 1. The topological polar surface area (TPSA) is 182 Å². The molecule has 4 bridgehead atoms. The molecule has 4 amide bonds. The number of methoxy groups -OCH3 is 1. The minimum atomic E-state index is -3.87. The molecule has 3 heterocycles. The minimum absolute atomic E-state index is 0.0273. The molecule has 8 rings (SSSR count). The third-order valence-corrected chi connectivity index (χ3v) is 15.3. The number of allylic oxidation sites excluding steroid dienone is 1. The fraction of sp³-hybridized carbons (Fsp3) is 0.659. The van der Waals surface area contributed by atoms with Crippen LogP contribution in [0.1, 0.15) is 121 Å². The van der Waals surface area contributed by atoms with Crippen LogP contribution in [-0.2, 0) is 42.0 Å². The van der Waals surface area contributed by atoms with Crippen LogP contribution in [0.25, 0.3) is 16.8 Å². The summed E-state index contributed by atoms with van der Waals surface area (Å²) in [5, 5.41) is 7.07. The lowest BCUT2D eigenvalue weighted by atomic mass is 9.83. The maximum absolute atomic E-state index is 15.0. The molecule has 4 fully saturated rings. The van der Waals surface area contributed by atoms with E-state index in [4.69, 9.17) is 19.2 Å². The van der Waals surface area contributed by atoms with Gasteiger partial charge in [0.05, 0.1) is 25.5 Å². The molecule has 59 heavy (non-hydrogen) atoms. The van der Waals surface area contributed by atoms with Crippen molar-refractivity contribution in [2.75, 3.05) is 20.3 Å². The summed E-state index contributed by atoms with van der Waals surface area (Å²) < 4.78 is 46.5. The fourth-order valence-corrected chi connectivity index (χ4v) is 11.1. The van der Waals surface area contributed by atoms with Crippen LogP contribution in [-0.4, -0.2) is 91.4 Å². The highest BCUT2D eigenvalue weighted by atomic mass is 32.2. The maximum Gasteiger partial charge on any atom is 0.407 e. The smallest absolute Gasteiger partial charge is 0.407 e. The number of benzene rings is 1. The highest BCUT2D eigenvalue weighted by Crippen LogP contribution is 2.47. The number of aryl methyl sites for hydroxylation is 2. The van der Waals surface area contributed by atoms with Crippen molar-refractivity contribution in [1.29, 1.82) is 0 Å². The van der Waals surface area contributed by atoms with Crippen molar-refractivity contribution in [3.05, 3.63) is 35.0 Å². The lowest BCUT2D eigenvalue weighted by Gasteiger charge is -2.35. The van der Waals surface area contributed by atoms with Crippen molar-refractivity contribution in [3.8, 4) is 11.6 Å². The number of hydrogen-bond acceptors (Lipinski definition) is 10. The zero-order chi connectivity index (χ0) is 41.7. The summed E-state index contributed by atoms with van der Waals surface area (Å²) in [6.07, 6.45) is 13.2. The Morgan fingerprint density at radius 1 is 1.03 bits per heavy atom. The number of rotatable bonds is 8. The molecule has 0 radical (unpaired) electrons. The number of aromatic nitrogens is 1. The van der Waals surface area contributed by atoms with E-state index in [0.717, 1.165) is 79.8 Å². The van der Waals surface area contributed by atoms with Crippen molar-refractivity contribution < 1.29 is 41.8 Å². The first kappa shape index (κ1) is 41.3. The van der Waals surface area contributed by atoms with Crippen LogP contribution in [0.5, 0.6) is 11.6 Å². The number of amides is 4. The third-order valence-electron chi connectivity index (χ3n) is 13.5. The second-order valence-electron chi connectivity index (χ2n) is 18.5. The number of cyclic esters (lactones) is 1. The summed E-state index contributed by atoms with van der Waals surface area (Å²) in [4.78, 5) is 63.6. The van der Waals surface area contributed by atoms with Crippen LogP contribution in [0.2, 0.25) is 0 Å². The first-order valence-corrected chi connectivity index (χ1v) is 23.2. The van der Waals surface area contributed by atoms with E-state index < -0.39 is 68.2 Å². The molecule has 3 saturated carbocycles. The van der Waals surface area contributed by atoms with Crippen molar-refractivity contribution in [1.82, 2.24) is 25.2 Å². The van der Waals surface area contributed by atoms with E-state index in [-0.39, 0.29) is 37.8 Å². The highest BCUT2D eigenvalue weighted by Gasteiger charge is 2.62. The molecule has 15 heteroatoms. The number of nitrogens with zero attached hydrogens (tertiary/aromatic N) is 2. The van der Waals surface area contributed by atoms with Crippen LogP contribution in [0, 0.1) is 17.3 Å². The monoisotopic (exact) mass is 833 g/mol. The van der Waals surface area contributed by atoms with Gasteiger partial charge in [-0.3, -0.25) is 19.1 Å². The molecular formula is C44H59N5O9S. The predicted molar refractivity (Wildman–Crippen MR) is 221 cm³/mol. The van der Waals surface area contributed by atoms with Crippen molar-refractivity contribution >= 4 is 50.7 Å². The first-order chi connectivity index (χ1) is 28.2. The van der Waals surface area contributed by atoms with Gasteiger partial charge in [-0.2, -0.15) is 0 Å². The average molecular weight is 834 g/mol. The van der Waals surface area contributed by atoms with Gasteiger partial charge in [0.15, 0.2) is 0 Å². The van der Waals surface area contributed by atoms with E-state index in [0.29, 0.717) is 37.3 Å². The molecule has 2 aromatic rings. The van der Waals surface area contributed by atoms with Crippen LogP contribution in [0.3, 0.4) is 0 Å². The Morgan fingerprint density at radius 2 is 1.80 bits per heavy atom. The van der Waals surface area contributed by atoms with Crippen molar-refractivity contribution in [2.45, 2.75) is 146 Å². The number of pyridine rings is 1. The van der Waals surface area contributed by atoms with Gasteiger partial charge >= 0.3 is 6.09 Å². The average Bonchev–Trinajstić information content (AvgIpc) is 4.15. The number of carbonyl (C=O) groups excluding carboxylic acids is 4. The van der Waals surface area contributed by atoms with Gasteiger partial charge in [-0.05, 0) is 99.1 Å². The molecule has 2 aliphatic heterocycles. The number of fused-ring (bicyclic) bond motifs is 5. The number of ether oxygens (including phenoxy) is 3. The molecule has 320 valence electrons. The Labute approximate surface area is 347 Å². The normalized spacial score (nSPS) is 28.7. The second kappa shape index (κ2) is 16.2. The van der Waals surface area contributed by atoms with E-state index >= 15 is 4.79 Å². The molecule has 6 aliphatic rings. The third kappa shape index (κ3) is 8.50. The predicted octanol–water partition coefficient (Wildman–Crippen LogP) is 5.48. The van der Waals surface area contributed by atoms with Gasteiger partial charge in [0, 0.05) is 28.5 Å². The molecule has 3 N–H and O–H groups in total. The zero-order valence-electron chi connectivity index (χ0n) is 34.8. The highest BCUT2D eigenvalue weighted by molar-refractivity contribution is 7.91. The summed E-state index contributed by atoms with van der Waals surface area (Å²) in [7, 11) is -2.22. The molecule has 5 atom stereocenters. The quantitative estimate of drug-likeness (QED) is 0.308. The van der Waals surface area contributed by atoms with E-state index in [9.17, 15) is 22.8 Å². The summed E-state index contributed by atoms with van der Waals surface area (Å²) in [6, 6.07) is 2.04. The Hall–Kier alpha value is -4.40. The molecule has 0 unspecified atom stereocenters. The van der Waals surface area contributed by atoms with E-state index in [2.05, 4.69) is 15.4 Å². The Balaban J connectivity index is 1.18. The first-order valence-electron chi connectivity index (χ1n) is 21.7. The van der Waals surface area contributed by atoms with Gasteiger partial charge in [0.1, 0.15) is 29.5 Å². The molecule has 14 nitrogen and oxygen atoms in total. The van der Waals surface area contributed by atoms with Gasteiger partial charge < -0.3 is 29.7 Å². The van der Waals surface area contributed by atoms with Crippen LogP contribution in [0.4, 0.5) is 4.79 Å². The molecule has 1 aromatic heterocycles. The molecular weight excluding hydrogens is 775 g/mol. The van der Waals surface area contributed by atoms with Crippen LogP contribution in [0.15, 0.2) is 18.2 Å². The van der Waals surface area contributed by atoms with Gasteiger partial charge in [-0.25, -0.2) is 18.2 Å². The fourth-order valence-electron chi connectivity index (χ4n) is 9.75. The minimum Gasteiger partial charge on any atom is -0.496 e. The lowest BCUT2D eigenvalue weighted by molar-refractivity contribution is -0.142. The van der Waals surface area contributed by atoms with Crippen molar-refractivity contribution in [3.63, 3.8) is 0 Å². The SMILES string of the molecule is CC[C@@H]1C[C@]1(NC(=O)[C@@H]1C[C@@H]2CN1C(=O)[C@H](C1CCCCC1)NC(=O)OCC(C)(C)CC=Cc1cc3c(nc4c(c3cc1OC)CCCC4)O2)C(=O)NS(=O)(=O)C1CC1. The van der Waals surface area contributed by atoms with Gasteiger partial charge in [-0.1, -0.05) is 58.6 Å². The summed E-state index contributed by atoms with van der Waals surface area (Å²) in [6.45, 7) is 6.05. The number of hydrogen-bond donors (Lipinski definition) is 3. The Kier molecular flexibility index (Phi) is 11.4. The van der Waals surface area contributed by atoms with E-state index in [1.54, 1.807) is 7.11 Å². The zero-order valence-corrected chi connectivity index (χ0v) is 35.6. The molecule has 1 aromatic carbocycles. The number of nitrogens with one attached hydrogen (secondary N) is 3. The van der Waals surface area contributed by atoms with Gasteiger partial charge in [-0.15, -0.1) is 0 Å². The van der Waals surface area contributed by atoms with Crippen LogP contribution >= 0.6 is 0 Å². The van der Waals surface area contributed by atoms with E-state index in [1.165, 1.54) is 10.5 Å². The van der Waals surface area contributed by atoms with Crippen molar-refractivity contribution in [2.24, 2.45) is 17.3 Å². The standard InChI is InChI=1S/C44H59N5O9S/c1-5-28-23-44(28,41(52)48-59(54,55)30-17-18-30)47-38(50)35-21-29-24-49(35)40(51)37(26-12-7-6-8-13-26)46-42(53)57-25-43(2,3)19-11-14-27-20-33-32(22-36(27)56-4)31-15-9-10-16-34(31)45-39(33)58-29/h11,14,20,22,26,28-30,35,37H,5-10,12-13,15-19,21,23-25H2,1-4H3,(H,46,53)(H,47,50)(H,48,52)/t28-,29-,35+,37+,44-/m1/s1. The lowest BCUT2D eigenvalue weighted by Crippen LogP contribution is -2.59. The summed E-state index contributed by atoms with van der Waals surface area (Å²) >= 11 is 0. The van der Waals surface area contributed by atoms with Gasteiger partial charge in [0.25, 0.3) is 5.91 Å². The largest absolute Gasteiger partial charge is 0.496 e. The molecule has 1 saturated heterocycles. The second-order valence-corrected chi connectivity index (χ2v) is 20.4. The maximum atomic E-state index is 15.0. The van der Waals surface area contributed by atoms with Gasteiger partial charge in [0.2, 0.25) is 27.7 Å². The summed E-state index contributed by atoms with van der Waals surface area (Å²) in [5.74, 6) is -1.07. The Morgan fingerprint density at radius 3 is 2.51 bits per heavy atom.